The fraction of sp³-hybridized carbons (Fsp3) is 0.500. The number of nitro benzene ring substituents is 1. The Morgan fingerprint density at radius 2 is 1.95 bits per heavy atom. The van der Waals surface area contributed by atoms with Crippen molar-refractivity contribution < 1.29 is 19.1 Å². The minimum absolute atomic E-state index is 0.0585. The third-order valence-electron chi connectivity index (χ3n) is 2.97. The van der Waals surface area contributed by atoms with Crippen LogP contribution in [0.25, 0.3) is 0 Å². The van der Waals surface area contributed by atoms with E-state index >= 15 is 0 Å². The van der Waals surface area contributed by atoms with Crippen molar-refractivity contribution in [3.8, 4) is 17.2 Å². The first-order valence-corrected chi connectivity index (χ1v) is 5.93. The van der Waals surface area contributed by atoms with Gasteiger partial charge in [-0.1, -0.05) is 0 Å². The number of hydrogen-bond donors (Lipinski definition) is 1. The molecule has 1 aliphatic heterocycles. The van der Waals surface area contributed by atoms with E-state index in [0.717, 1.165) is 13.0 Å². The lowest BCUT2D eigenvalue weighted by molar-refractivity contribution is -0.386. The summed E-state index contributed by atoms with van der Waals surface area (Å²) < 4.78 is 15.9. The summed E-state index contributed by atoms with van der Waals surface area (Å²) in [4.78, 5) is 10.6. The van der Waals surface area contributed by atoms with Gasteiger partial charge in [-0.3, -0.25) is 10.1 Å². The Morgan fingerprint density at radius 1 is 1.26 bits per heavy atom. The smallest absolute Gasteiger partial charge is 0.314 e. The van der Waals surface area contributed by atoms with Crippen molar-refractivity contribution in [1.29, 1.82) is 0 Å². The third kappa shape index (κ3) is 2.87. The molecule has 1 atom stereocenters. The first-order chi connectivity index (χ1) is 9.15. The van der Waals surface area contributed by atoms with Crippen LogP contribution in [0.5, 0.6) is 17.2 Å². The van der Waals surface area contributed by atoms with Gasteiger partial charge in [0.25, 0.3) is 0 Å². The summed E-state index contributed by atoms with van der Waals surface area (Å²) in [5, 5.41) is 14.2. The summed E-state index contributed by atoms with van der Waals surface area (Å²) in [6.45, 7) is 1.54. The molecule has 1 aromatic carbocycles. The highest BCUT2D eigenvalue weighted by Gasteiger charge is 2.24. The molecular weight excluding hydrogens is 252 g/mol. The molecule has 1 heterocycles. The summed E-state index contributed by atoms with van der Waals surface area (Å²) in [5.41, 5.74) is -0.121. The standard InChI is InChI=1S/C12H16N2O5/c1-17-11-5-9(14(15)16)10(6-12(11)18-2)19-8-3-4-13-7-8/h5-6,8,13H,3-4,7H2,1-2H3. The maximum absolute atomic E-state index is 11.1. The van der Waals surface area contributed by atoms with E-state index in [4.69, 9.17) is 14.2 Å². The van der Waals surface area contributed by atoms with Crippen LogP contribution in [-0.4, -0.2) is 38.3 Å². The zero-order valence-corrected chi connectivity index (χ0v) is 10.8. The molecule has 0 radical (unpaired) electrons. The summed E-state index contributed by atoms with van der Waals surface area (Å²) in [5.74, 6) is 0.927. The highest BCUT2D eigenvalue weighted by atomic mass is 16.6. The molecule has 1 saturated heterocycles. The molecule has 1 aromatic rings. The van der Waals surface area contributed by atoms with E-state index < -0.39 is 4.92 Å². The summed E-state index contributed by atoms with van der Waals surface area (Å²) in [7, 11) is 2.91. The van der Waals surface area contributed by atoms with Gasteiger partial charge in [0, 0.05) is 12.6 Å². The van der Waals surface area contributed by atoms with Crippen molar-refractivity contribution in [3.63, 3.8) is 0 Å². The van der Waals surface area contributed by atoms with Gasteiger partial charge in [0.1, 0.15) is 6.10 Å². The van der Waals surface area contributed by atoms with Gasteiger partial charge >= 0.3 is 5.69 Å². The van der Waals surface area contributed by atoms with Gasteiger partial charge in [0.05, 0.1) is 25.2 Å². The minimum Gasteiger partial charge on any atom is -0.493 e. The van der Waals surface area contributed by atoms with Crippen molar-refractivity contribution >= 4 is 5.69 Å². The van der Waals surface area contributed by atoms with Crippen molar-refractivity contribution in [3.05, 3.63) is 22.2 Å². The normalized spacial score (nSPS) is 18.1. The van der Waals surface area contributed by atoms with Crippen LogP contribution in [-0.2, 0) is 0 Å². The topological polar surface area (TPSA) is 82.9 Å². The maximum atomic E-state index is 11.1. The van der Waals surface area contributed by atoms with Crippen molar-refractivity contribution in [2.75, 3.05) is 27.3 Å². The summed E-state index contributed by atoms with van der Waals surface area (Å²) >= 11 is 0. The van der Waals surface area contributed by atoms with Gasteiger partial charge in [0.2, 0.25) is 5.75 Å². The van der Waals surface area contributed by atoms with Crippen LogP contribution in [0, 0.1) is 10.1 Å². The average molecular weight is 268 g/mol. The number of nitrogens with one attached hydrogen (secondary N) is 1. The molecule has 7 heteroatoms. The van der Waals surface area contributed by atoms with Gasteiger partial charge in [0.15, 0.2) is 11.5 Å². The average Bonchev–Trinajstić information content (AvgIpc) is 2.90. The molecule has 1 fully saturated rings. The van der Waals surface area contributed by atoms with E-state index in [1.807, 2.05) is 0 Å². The van der Waals surface area contributed by atoms with E-state index in [1.54, 1.807) is 0 Å². The molecule has 0 aromatic heterocycles. The van der Waals surface area contributed by atoms with Crippen molar-refractivity contribution in [1.82, 2.24) is 5.32 Å². The first-order valence-electron chi connectivity index (χ1n) is 5.93. The molecule has 104 valence electrons. The number of ether oxygens (including phenoxy) is 3. The van der Waals surface area contributed by atoms with Crippen molar-refractivity contribution in [2.24, 2.45) is 0 Å². The monoisotopic (exact) mass is 268 g/mol. The molecule has 7 nitrogen and oxygen atoms in total. The molecule has 0 amide bonds. The van der Waals surface area contributed by atoms with E-state index in [9.17, 15) is 10.1 Å². The van der Waals surface area contributed by atoms with E-state index in [1.165, 1.54) is 26.4 Å². The van der Waals surface area contributed by atoms with Gasteiger partial charge < -0.3 is 19.5 Å². The Bertz CT molecular complexity index is 471. The number of hydrogen-bond acceptors (Lipinski definition) is 6. The van der Waals surface area contributed by atoms with Crippen LogP contribution in [0.4, 0.5) is 5.69 Å². The second-order valence-electron chi connectivity index (χ2n) is 4.16. The quantitative estimate of drug-likeness (QED) is 0.641. The van der Waals surface area contributed by atoms with Crippen LogP contribution in [0.1, 0.15) is 6.42 Å². The second kappa shape index (κ2) is 5.75. The predicted molar refractivity (Wildman–Crippen MR) is 68.1 cm³/mol. The third-order valence-corrected chi connectivity index (χ3v) is 2.97. The van der Waals surface area contributed by atoms with Gasteiger partial charge in [-0.15, -0.1) is 0 Å². The largest absolute Gasteiger partial charge is 0.493 e. The lowest BCUT2D eigenvalue weighted by Gasteiger charge is -2.15. The van der Waals surface area contributed by atoms with Crippen LogP contribution >= 0.6 is 0 Å². The maximum Gasteiger partial charge on any atom is 0.314 e. The molecule has 1 N–H and O–H groups in total. The molecular formula is C12H16N2O5. The van der Waals surface area contributed by atoms with Crippen LogP contribution in [0.2, 0.25) is 0 Å². The lowest BCUT2D eigenvalue weighted by Crippen LogP contribution is -2.20. The van der Waals surface area contributed by atoms with Crippen LogP contribution in [0.15, 0.2) is 12.1 Å². The molecule has 19 heavy (non-hydrogen) atoms. The molecule has 0 aliphatic carbocycles. The molecule has 2 rings (SSSR count). The van der Waals surface area contributed by atoms with E-state index in [-0.39, 0.29) is 17.5 Å². The number of nitro groups is 1. The SMILES string of the molecule is COc1cc(OC2CCNC2)c([N+](=O)[O-])cc1OC. The van der Waals surface area contributed by atoms with E-state index in [0.29, 0.717) is 18.0 Å². The second-order valence-corrected chi connectivity index (χ2v) is 4.16. The van der Waals surface area contributed by atoms with Crippen LogP contribution < -0.4 is 19.5 Å². The number of methoxy groups -OCH3 is 2. The Labute approximate surface area is 110 Å². The molecule has 1 unspecified atom stereocenters. The Balaban J connectivity index is 2.35. The number of benzene rings is 1. The van der Waals surface area contributed by atoms with Crippen molar-refractivity contribution in [2.45, 2.75) is 12.5 Å². The fourth-order valence-electron chi connectivity index (χ4n) is 1.99. The molecule has 0 saturated carbocycles. The summed E-state index contributed by atoms with van der Waals surface area (Å²) in [6.07, 6.45) is 0.766. The predicted octanol–water partition coefficient (Wildman–Crippen LogP) is 1.35. The highest BCUT2D eigenvalue weighted by Crippen LogP contribution is 2.39. The zero-order valence-electron chi connectivity index (χ0n) is 10.8. The minimum atomic E-state index is -0.486. The molecule has 1 aliphatic rings. The lowest BCUT2D eigenvalue weighted by atomic mass is 10.2. The Hall–Kier alpha value is -2.02. The summed E-state index contributed by atoms with van der Waals surface area (Å²) in [6, 6.07) is 2.81. The number of nitrogens with zero attached hydrogens (tertiary/aromatic N) is 1. The van der Waals surface area contributed by atoms with Gasteiger partial charge in [-0.05, 0) is 13.0 Å². The fourth-order valence-corrected chi connectivity index (χ4v) is 1.99. The van der Waals surface area contributed by atoms with Crippen LogP contribution in [0.3, 0.4) is 0 Å². The molecule has 0 spiro atoms. The number of rotatable bonds is 5. The highest BCUT2D eigenvalue weighted by molar-refractivity contribution is 5.58. The Kier molecular flexibility index (Phi) is 4.06. The molecule has 0 bridgehead atoms. The zero-order chi connectivity index (χ0) is 13.8. The first kappa shape index (κ1) is 13.4. The van der Waals surface area contributed by atoms with Gasteiger partial charge in [-0.2, -0.15) is 0 Å². The van der Waals surface area contributed by atoms with Gasteiger partial charge in [-0.25, -0.2) is 0 Å². The van der Waals surface area contributed by atoms with E-state index in [2.05, 4.69) is 5.32 Å². The Morgan fingerprint density at radius 3 is 2.47 bits per heavy atom.